The van der Waals surface area contributed by atoms with Crippen molar-refractivity contribution in [2.75, 3.05) is 26.8 Å². The van der Waals surface area contributed by atoms with E-state index in [2.05, 4.69) is 15.6 Å². The molecule has 8 nitrogen and oxygen atoms in total. The van der Waals surface area contributed by atoms with Gasteiger partial charge in [0.2, 0.25) is 5.76 Å². The number of rotatable bonds is 8. The molecule has 148 valence electrons. The minimum absolute atomic E-state index is 0.0899. The second-order valence-electron chi connectivity index (χ2n) is 5.26. The Morgan fingerprint density at radius 1 is 1.04 bits per heavy atom. The Labute approximate surface area is 167 Å². The highest BCUT2D eigenvalue weighted by Gasteiger charge is 2.19. The Hall–Kier alpha value is -3.39. The van der Waals surface area contributed by atoms with Gasteiger partial charge in [-0.15, -0.1) is 0 Å². The lowest BCUT2D eigenvalue weighted by Crippen LogP contribution is -2.29. The molecule has 0 spiro atoms. The maximum atomic E-state index is 12.6. The zero-order chi connectivity index (χ0) is 20.5. The van der Waals surface area contributed by atoms with Gasteiger partial charge in [-0.1, -0.05) is 11.6 Å². The highest BCUT2D eigenvalue weighted by molar-refractivity contribution is 6.31. The predicted molar refractivity (Wildman–Crippen MR) is 103 cm³/mol. The second-order valence-corrected chi connectivity index (χ2v) is 5.70. The summed E-state index contributed by atoms with van der Waals surface area (Å²) in [6, 6.07) is 11.3. The van der Waals surface area contributed by atoms with E-state index in [9.17, 15) is 9.59 Å². The molecule has 2 aromatic carbocycles. The van der Waals surface area contributed by atoms with E-state index < -0.39 is 11.9 Å². The first kappa shape index (κ1) is 20.9. The van der Waals surface area contributed by atoms with Crippen LogP contribution in [0.1, 0.15) is 10.4 Å². The van der Waals surface area contributed by atoms with Crippen molar-refractivity contribution in [3.8, 4) is 11.5 Å². The summed E-state index contributed by atoms with van der Waals surface area (Å²) in [6.07, 6.45) is 1.07. The van der Waals surface area contributed by atoms with E-state index in [4.69, 9.17) is 25.8 Å². The van der Waals surface area contributed by atoms with E-state index in [1.807, 2.05) is 0 Å². The van der Waals surface area contributed by atoms with Crippen molar-refractivity contribution in [1.82, 2.24) is 5.43 Å². The molecule has 28 heavy (non-hydrogen) atoms. The summed E-state index contributed by atoms with van der Waals surface area (Å²) in [7, 11) is 4.11. The van der Waals surface area contributed by atoms with Gasteiger partial charge in [0, 0.05) is 5.02 Å². The van der Waals surface area contributed by atoms with Crippen molar-refractivity contribution in [3.63, 3.8) is 0 Å². The van der Waals surface area contributed by atoms with Gasteiger partial charge in [0.05, 0.1) is 32.6 Å². The molecule has 0 unspecified atom stereocenters. The Morgan fingerprint density at radius 2 is 1.75 bits per heavy atom. The minimum Gasteiger partial charge on any atom is -0.500 e. The Kier molecular flexibility index (Phi) is 7.53. The van der Waals surface area contributed by atoms with Crippen molar-refractivity contribution in [1.29, 1.82) is 0 Å². The van der Waals surface area contributed by atoms with Gasteiger partial charge in [-0.05, 0) is 42.5 Å². The maximum Gasteiger partial charge on any atom is 0.377 e. The highest BCUT2D eigenvalue weighted by atomic mass is 35.5. The monoisotopic (exact) mass is 406 g/mol. The number of carbonyl (C=O) groups is 2. The van der Waals surface area contributed by atoms with E-state index in [1.54, 1.807) is 31.4 Å². The van der Waals surface area contributed by atoms with Crippen LogP contribution in [0.25, 0.3) is 0 Å². The van der Waals surface area contributed by atoms with Crippen LogP contribution in [0.5, 0.6) is 11.5 Å². The van der Waals surface area contributed by atoms with Crippen LogP contribution in [-0.2, 0) is 14.3 Å². The van der Waals surface area contributed by atoms with Crippen molar-refractivity contribution >= 4 is 29.2 Å². The molecule has 0 atom stereocenters. The zero-order valence-corrected chi connectivity index (χ0v) is 16.2. The molecule has 0 radical (unpaired) electrons. The van der Waals surface area contributed by atoms with Gasteiger partial charge >= 0.3 is 5.97 Å². The maximum absolute atomic E-state index is 12.6. The van der Waals surface area contributed by atoms with Crippen molar-refractivity contribution < 1.29 is 28.5 Å². The zero-order valence-electron chi connectivity index (χ0n) is 15.4. The molecule has 0 aromatic heterocycles. The molecule has 9 heteroatoms. The SMILES string of the molecule is COC=C(Oc1ccc(Cl)cc1C(=O)NNc1ccc(OC)cc1)C(=O)OC. The number of esters is 1. The normalized spacial score (nSPS) is 10.6. The number of ether oxygens (including phenoxy) is 4. The van der Waals surface area contributed by atoms with Crippen molar-refractivity contribution in [3.05, 3.63) is 65.1 Å². The van der Waals surface area contributed by atoms with E-state index in [0.717, 1.165) is 6.26 Å². The van der Waals surface area contributed by atoms with Gasteiger partial charge in [0.25, 0.3) is 5.91 Å². The van der Waals surface area contributed by atoms with Crippen LogP contribution in [0.15, 0.2) is 54.5 Å². The average Bonchev–Trinajstić information content (AvgIpc) is 2.72. The van der Waals surface area contributed by atoms with Gasteiger partial charge in [-0.25, -0.2) is 4.79 Å². The van der Waals surface area contributed by atoms with Gasteiger partial charge in [0.1, 0.15) is 17.8 Å². The number of hydrogen-bond donors (Lipinski definition) is 2. The Balaban J connectivity index is 2.18. The average molecular weight is 407 g/mol. The summed E-state index contributed by atoms with van der Waals surface area (Å²) in [6.45, 7) is 0. The topological polar surface area (TPSA) is 95.1 Å². The van der Waals surface area contributed by atoms with Gasteiger partial charge in [0.15, 0.2) is 0 Å². The molecule has 0 aliphatic heterocycles. The molecule has 0 fully saturated rings. The summed E-state index contributed by atoms with van der Waals surface area (Å²) in [5, 5.41) is 0.317. The standard InChI is InChI=1S/C19H19ClN2O6/c1-25-11-17(19(24)27-3)28-16-9-4-12(20)10-15(16)18(23)22-21-13-5-7-14(26-2)8-6-13/h4-11,21H,1-3H3,(H,22,23). The van der Waals surface area contributed by atoms with Crippen LogP contribution in [0.2, 0.25) is 5.02 Å². The number of hydrogen-bond acceptors (Lipinski definition) is 7. The lowest BCUT2D eigenvalue weighted by atomic mass is 10.2. The summed E-state index contributed by atoms with van der Waals surface area (Å²) >= 11 is 6.00. The molecule has 2 N–H and O–H groups in total. The van der Waals surface area contributed by atoms with Crippen molar-refractivity contribution in [2.24, 2.45) is 0 Å². The van der Waals surface area contributed by atoms with Crippen LogP contribution in [0, 0.1) is 0 Å². The number of anilines is 1. The first-order valence-electron chi connectivity index (χ1n) is 7.97. The number of hydrazine groups is 1. The quantitative estimate of drug-likeness (QED) is 0.301. The lowest BCUT2D eigenvalue weighted by molar-refractivity contribution is -0.138. The summed E-state index contributed by atoms with van der Waals surface area (Å²) in [5.74, 6) is -0.756. The van der Waals surface area contributed by atoms with Crippen LogP contribution in [-0.4, -0.2) is 33.2 Å². The van der Waals surface area contributed by atoms with E-state index >= 15 is 0 Å². The third-order valence-electron chi connectivity index (χ3n) is 3.43. The first-order chi connectivity index (χ1) is 13.5. The molecular formula is C19H19ClN2O6. The molecule has 0 aliphatic rings. The lowest BCUT2D eigenvalue weighted by Gasteiger charge is -2.14. The number of methoxy groups -OCH3 is 3. The Bertz CT molecular complexity index is 867. The minimum atomic E-state index is -0.764. The fourth-order valence-electron chi connectivity index (χ4n) is 2.08. The molecule has 0 bridgehead atoms. The predicted octanol–water partition coefficient (Wildman–Crippen LogP) is 3.15. The molecule has 0 saturated carbocycles. The van der Waals surface area contributed by atoms with Crippen LogP contribution >= 0.6 is 11.6 Å². The molecule has 0 aliphatic carbocycles. The summed E-state index contributed by atoms with van der Waals surface area (Å²) in [5.41, 5.74) is 6.03. The number of amides is 1. The van der Waals surface area contributed by atoms with Crippen LogP contribution in [0.4, 0.5) is 5.69 Å². The van der Waals surface area contributed by atoms with Crippen molar-refractivity contribution in [2.45, 2.75) is 0 Å². The van der Waals surface area contributed by atoms with Gasteiger partial charge in [-0.3, -0.25) is 15.6 Å². The second kappa shape index (κ2) is 10.1. The van der Waals surface area contributed by atoms with Crippen LogP contribution < -0.4 is 20.3 Å². The van der Waals surface area contributed by atoms with E-state index in [0.29, 0.717) is 16.5 Å². The first-order valence-corrected chi connectivity index (χ1v) is 8.35. The Morgan fingerprint density at radius 3 is 2.36 bits per heavy atom. The molecule has 0 heterocycles. The number of benzene rings is 2. The number of nitrogens with one attached hydrogen (secondary N) is 2. The fourth-order valence-corrected chi connectivity index (χ4v) is 2.25. The number of halogens is 1. The van der Waals surface area contributed by atoms with Gasteiger partial charge < -0.3 is 18.9 Å². The fraction of sp³-hybridized carbons (Fsp3) is 0.158. The third kappa shape index (κ3) is 5.55. The van der Waals surface area contributed by atoms with Gasteiger partial charge in [-0.2, -0.15) is 0 Å². The molecular weight excluding hydrogens is 388 g/mol. The molecule has 2 aromatic rings. The number of carbonyl (C=O) groups excluding carboxylic acids is 2. The highest BCUT2D eigenvalue weighted by Crippen LogP contribution is 2.25. The third-order valence-corrected chi connectivity index (χ3v) is 3.66. The molecule has 0 saturated heterocycles. The molecule has 1 amide bonds. The van der Waals surface area contributed by atoms with Crippen LogP contribution in [0.3, 0.4) is 0 Å². The summed E-state index contributed by atoms with van der Waals surface area (Å²) in [4.78, 5) is 24.4. The smallest absolute Gasteiger partial charge is 0.377 e. The van der Waals surface area contributed by atoms with E-state index in [-0.39, 0.29) is 17.1 Å². The largest absolute Gasteiger partial charge is 0.500 e. The molecule has 2 rings (SSSR count). The van der Waals surface area contributed by atoms with E-state index in [1.165, 1.54) is 32.4 Å². The summed E-state index contributed by atoms with van der Waals surface area (Å²) < 4.78 is 20.0.